The smallest absolute Gasteiger partial charge is 0.238 e. The predicted octanol–water partition coefficient (Wildman–Crippen LogP) is 5.88. The molecule has 2 N–H and O–H groups in total. The number of carbonyl (C=O) groups is 2. The van der Waals surface area contributed by atoms with Crippen molar-refractivity contribution in [2.24, 2.45) is 4.99 Å². The number of piperidine rings is 1. The summed E-state index contributed by atoms with van der Waals surface area (Å²) in [6.45, 7) is 1.69. The molecular weight excluding hydrogens is 486 g/mol. The zero-order valence-electron chi connectivity index (χ0n) is 21.8. The number of anilines is 1. The lowest BCUT2D eigenvalue weighted by Crippen LogP contribution is -2.36. The van der Waals surface area contributed by atoms with E-state index in [9.17, 15) is 9.59 Å². The number of hydrogen-bond donors (Lipinski definition) is 2. The van der Waals surface area contributed by atoms with E-state index in [1.165, 1.54) is 5.56 Å². The fourth-order valence-corrected chi connectivity index (χ4v) is 5.46. The zero-order chi connectivity index (χ0) is 26.6. The maximum absolute atomic E-state index is 13.2. The highest BCUT2D eigenvalue weighted by Crippen LogP contribution is 2.36. The Morgan fingerprint density at radius 1 is 0.974 bits per heavy atom. The van der Waals surface area contributed by atoms with Gasteiger partial charge in [-0.25, -0.2) is 4.98 Å². The van der Waals surface area contributed by atoms with Crippen molar-refractivity contribution >= 4 is 28.9 Å². The van der Waals surface area contributed by atoms with Crippen LogP contribution >= 0.6 is 0 Å². The molecule has 0 aliphatic carbocycles. The first-order chi connectivity index (χ1) is 19.2. The van der Waals surface area contributed by atoms with Crippen LogP contribution in [0.15, 0.2) is 90.3 Å². The van der Waals surface area contributed by atoms with Gasteiger partial charge in [-0.2, -0.15) is 0 Å². The number of aliphatic imine (C=N–C) groups is 1. The average Bonchev–Trinajstić information content (AvgIpc) is 3.62. The SMILES string of the molecule is O=C1Nc2ccccc2C1C(=Nc1ccc(-c2cnc[nH]2)cc1)c1ccc(CCCN2CCCCC2=O)cc1. The lowest BCUT2D eigenvalue weighted by Gasteiger charge is -2.26. The third-order valence-corrected chi connectivity index (χ3v) is 7.56. The second-order valence-corrected chi connectivity index (χ2v) is 10.2. The Hall–Kier alpha value is -4.52. The van der Waals surface area contributed by atoms with E-state index < -0.39 is 5.92 Å². The Balaban J connectivity index is 1.26. The topological polar surface area (TPSA) is 90.4 Å². The number of aryl methyl sites for hydroxylation is 1. The summed E-state index contributed by atoms with van der Waals surface area (Å²) >= 11 is 0. The number of likely N-dealkylation sites (tertiary alicyclic amines) is 1. The minimum absolute atomic E-state index is 0.0701. The van der Waals surface area contributed by atoms with Crippen LogP contribution in [0.1, 0.15) is 48.3 Å². The fraction of sp³-hybridized carbons (Fsp3) is 0.250. The first kappa shape index (κ1) is 24.8. The third-order valence-electron chi connectivity index (χ3n) is 7.56. The van der Waals surface area contributed by atoms with Crippen molar-refractivity contribution in [3.8, 4) is 11.3 Å². The molecule has 6 rings (SSSR count). The number of rotatable bonds is 8. The van der Waals surface area contributed by atoms with Crippen LogP contribution in [0.3, 0.4) is 0 Å². The molecule has 1 unspecified atom stereocenters. The highest BCUT2D eigenvalue weighted by atomic mass is 16.2. The van der Waals surface area contributed by atoms with Crippen molar-refractivity contribution in [3.63, 3.8) is 0 Å². The van der Waals surface area contributed by atoms with E-state index in [1.54, 1.807) is 12.5 Å². The number of aromatic nitrogens is 2. The monoisotopic (exact) mass is 517 g/mol. The van der Waals surface area contributed by atoms with Gasteiger partial charge in [-0.3, -0.25) is 14.6 Å². The Bertz CT molecular complexity index is 1490. The van der Waals surface area contributed by atoms with Crippen LogP contribution in [0, 0.1) is 0 Å². The molecule has 2 aliphatic heterocycles. The predicted molar refractivity (Wildman–Crippen MR) is 153 cm³/mol. The Morgan fingerprint density at radius 3 is 2.56 bits per heavy atom. The molecule has 1 saturated heterocycles. The van der Waals surface area contributed by atoms with E-state index in [0.29, 0.717) is 6.42 Å². The third kappa shape index (κ3) is 5.39. The van der Waals surface area contributed by atoms with Crippen LogP contribution in [0.2, 0.25) is 0 Å². The Labute approximate surface area is 228 Å². The number of amides is 2. The van der Waals surface area contributed by atoms with Gasteiger partial charge in [0.25, 0.3) is 0 Å². The van der Waals surface area contributed by atoms with Gasteiger partial charge in [0.05, 0.1) is 29.6 Å². The molecule has 196 valence electrons. The van der Waals surface area contributed by atoms with Gasteiger partial charge in [0, 0.05) is 25.2 Å². The van der Waals surface area contributed by atoms with Crippen molar-refractivity contribution in [2.75, 3.05) is 18.4 Å². The van der Waals surface area contributed by atoms with E-state index in [4.69, 9.17) is 4.99 Å². The molecule has 2 aliphatic rings. The molecule has 0 saturated carbocycles. The molecule has 3 heterocycles. The number of carbonyl (C=O) groups excluding carboxylic acids is 2. The van der Waals surface area contributed by atoms with Gasteiger partial charge >= 0.3 is 0 Å². The number of fused-ring (bicyclic) bond motifs is 1. The van der Waals surface area contributed by atoms with Crippen LogP contribution in [-0.2, 0) is 16.0 Å². The summed E-state index contributed by atoms with van der Waals surface area (Å²) < 4.78 is 0. The summed E-state index contributed by atoms with van der Waals surface area (Å²) in [5.74, 6) is -0.283. The van der Waals surface area contributed by atoms with Crippen LogP contribution in [0.4, 0.5) is 11.4 Å². The van der Waals surface area contributed by atoms with Crippen LogP contribution < -0.4 is 5.32 Å². The van der Waals surface area contributed by atoms with E-state index >= 15 is 0 Å². The largest absolute Gasteiger partial charge is 0.345 e. The standard InChI is InChI=1S/C32H31N5O2/c38-29-9-3-4-18-37(29)19-5-6-22-10-12-24(13-11-22)31(30-26-7-1-2-8-27(26)36-32(30)39)35-25-16-14-23(15-17-25)28-20-33-21-34-28/h1-2,7-8,10-17,20-21,30H,3-6,9,18-19H2,(H,33,34)(H,36,39). The molecule has 0 radical (unpaired) electrons. The Kier molecular flexibility index (Phi) is 7.04. The van der Waals surface area contributed by atoms with Crippen LogP contribution in [0.25, 0.3) is 11.3 Å². The minimum Gasteiger partial charge on any atom is -0.345 e. The van der Waals surface area contributed by atoms with Crippen molar-refractivity contribution < 1.29 is 9.59 Å². The molecule has 2 amide bonds. The minimum atomic E-state index is -0.496. The molecule has 0 bridgehead atoms. The van der Waals surface area contributed by atoms with Gasteiger partial charge in [0.15, 0.2) is 0 Å². The lowest BCUT2D eigenvalue weighted by molar-refractivity contribution is -0.133. The number of H-pyrrole nitrogens is 1. The average molecular weight is 518 g/mol. The number of benzene rings is 3. The summed E-state index contributed by atoms with van der Waals surface area (Å²) in [6, 6.07) is 24.1. The van der Waals surface area contributed by atoms with Gasteiger partial charge < -0.3 is 15.2 Å². The summed E-state index contributed by atoms with van der Waals surface area (Å²) in [4.78, 5) is 39.5. The summed E-state index contributed by atoms with van der Waals surface area (Å²) in [6.07, 6.45) is 8.08. The van der Waals surface area contributed by atoms with Crippen LogP contribution in [0.5, 0.6) is 0 Å². The molecule has 0 spiro atoms. The highest BCUT2D eigenvalue weighted by molar-refractivity contribution is 6.24. The number of aromatic amines is 1. The summed E-state index contributed by atoms with van der Waals surface area (Å²) in [7, 11) is 0. The van der Waals surface area contributed by atoms with Gasteiger partial charge in [-0.1, -0.05) is 54.6 Å². The number of imidazole rings is 1. The van der Waals surface area contributed by atoms with Crippen LogP contribution in [-0.4, -0.2) is 45.5 Å². The normalized spacial score (nSPS) is 17.3. The van der Waals surface area contributed by atoms with E-state index in [1.807, 2.05) is 53.4 Å². The van der Waals surface area contributed by atoms with E-state index in [0.717, 1.165) is 78.2 Å². The summed E-state index contributed by atoms with van der Waals surface area (Å²) in [5.41, 5.74) is 7.35. The maximum atomic E-state index is 13.2. The number of hydrogen-bond acceptors (Lipinski definition) is 4. The maximum Gasteiger partial charge on any atom is 0.238 e. The molecule has 4 aromatic rings. The highest BCUT2D eigenvalue weighted by Gasteiger charge is 2.35. The zero-order valence-corrected chi connectivity index (χ0v) is 21.8. The molecule has 39 heavy (non-hydrogen) atoms. The number of nitrogens with zero attached hydrogens (tertiary/aromatic N) is 3. The second-order valence-electron chi connectivity index (χ2n) is 10.2. The number of para-hydroxylation sites is 1. The number of nitrogens with one attached hydrogen (secondary N) is 2. The molecular formula is C32H31N5O2. The fourth-order valence-electron chi connectivity index (χ4n) is 5.46. The first-order valence-corrected chi connectivity index (χ1v) is 13.6. The van der Waals surface area contributed by atoms with E-state index in [-0.39, 0.29) is 11.8 Å². The Morgan fingerprint density at radius 2 is 1.79 bits per heavy atom. The van der Waals surface area contributed by atoms with Crippen molar-refractivity contribution in [1.29, 1.82) is 0 Å². The molecule has 1 atom stereocenters. The quantitative estimate of drug-likeness (QED) is 0.286. The molecule has 7 nitrogen and oxygen atoms in total. The summed E-state index contributed by atoms with van der Waals surface area (Å²) in [5, 5.41) is 3.02. The first-order valence-electron chi connectivity index (χ1n) is 13.6. The second kappa shape index (κ2) is 11.1. The lowest BCUT2D eigenvalue weighted by atomic mass is 9.90. The molecule has 1 fully saturated rings. The van der Waals surface area contributed by atoms with Crippen molar-refractivity contribution in [2.45, 2.75) is 38.0 Å². The molecule has 1 aromatic heterocycles. The van der Waals surface area contributed by atoms with Gasteiger partial charge in [0.1, 0.15) is 5.92 Å². The van der Waals surface area contributed by atoms with Crippen molar-refractivity contribution in [1.82, 2.24) is 14.9 Å². The molecule has 7 heteroatoms. The van der Waals surface area contributed by atoms with E-state index in [2.05, 4.69) is 39.6 Å². The van der Waals surface area contributed by atoms with Gasteiger partial charge in [0.2, 0.25) is 11.8 Å². The van der Waals surface area contributed by atoms with Gasteiger partial charge in [-0.05, 0) is 66.1 Å². The molecule has 3 aromatic carbocycles. The van der Waals surface area contributed by atoms with Gasteiger partial charge in [-0.15, -0.1) is 0 Å². The van der Waals surface area contributed by atoms with Crippen molar-refractivity contribution in [3.05, 3.63) is 102 Å².